The van der Waals surface area contributed by atoms with Crippen molar-refractivity contribution in [2.75, 3.05) is 43.8 Å². The third-order valence-corrected chi connectivity index (χ3v) is 6.40. The fourth-order valence-corrected chi connectivity index (χ4v) is 4.46. The number of rotatable bonds is 8. The summed E-state index contributed by atoms with van der Waals surface area (Å²) in [4.78, 5) is 24.9. The zero-order chi connectivity index (χ0) is 23.2. The molecule has 3 aromatic rings. The molecule has 0 atom stereocenters. The Morgan fingerprint density at radius 1 is 1.03 bits per heavy atom. The molecule has 33 heavy (non-hydrogen) atoms. The Labute approximate surface area is 197 Å². The van der Waals surface area contributed by atoms with Gasteiger partial charge in [-0.3, -0.25) is 14.9 Å². The molecule has 172 valence electrons. The molecule has 0 aliphatic carbocycles. The summed E-state index contributed by atoms with van der Waals surface area (Å²) in [5.41, 5.74) is 0.949. The molecule has 0 unspecified atom stereocenters. The summed E-state index contributed by atoms with van der Waals surface area (Å²) in [5, 5.41) is 13.8. The fourth-order valence-electron chi connectivity index (χ4n) is 2.91. The first-order valence-corrected chi connectivity index (χ1v) is 11.5. The lowest BCUT2D eigenvalue weighted by atomic mass is 10.2. The number of ether oxygens (including phenoxy) is 4. The van der Waals surface area contributed by atoms with Crippen LogP contribution < -0.4 is 29.6 Å². The number of nitrogens with zero attached hydrogens (tertiary/aromatic N) is 2. The average molecular weight is 489 g/mol. The zero-order valence-electron chi connectivity index (χ0n) is 17.7. The number of carbonyl (C=O) groups excluding carboxylic acids is 2. The molecule has 4 rings (SSSR count). The fraction of sp³-hybridized carbons (Fsp3) is 0.238. The second-order valence-corrected chi connectivity index (χ2v) is 8.79. The zero-order valence-corrected chi connectivity index (χ0v) is 19.4. The summed E-state index contributed by atoms with van der Waals surface area (Å²) < 4.78 is 21.9. The van der Waals surface area contributed by atoms with Crippen LogP contribution in [0.5, 0.6) is 23.0 Å². The van der Waals surface area contributed by atoms with Crippen molar-refractivity contribution in [3.63, 3.8) is 0 Å². The van der Waals surface area contributed by atoms with Crippen molar-refractivity contribution < 1.29 is 28.5 Å². The number of amides is 2. The lowest BCUT2D eigenvalue weighted by molar-refractivity contribution is -0.113. The third kappa shape index (κ3) is 5.65. The van der Waals surface area contributed by atoms with Gasteiger partial charge in [0, 0.05) is 17.8 Å². The first-order valence-electron chi connectivity index (χ1n) is 9.75. The molecular formula is C21H20N4O6S2. The standard InChI is InChI=1S/C21H20N4O6S2/c1-28-13-4-5-14(16(10-13)29-2)19(27)23-20-24-25-21(33-20)32-11-18(26)22-12-3-6-15-17(9-12)31-8-7-30-15/h3-6,9-10H,7-8,11H2,1-2H3,(H,22,26)(H,23,24,27). The summed E-state index contributed by atoms with van der Waals surface area (Å²) in [6.07, 6.45) is 0. The molecule has 2 amide bonds. The maximum absolute atomic E-state index is 12.6. The predicted octanol–water partition coefficient (Wildman–Crippen LogP) is 3.31. The number of fused-ring (bicyclic) bond motifs is 1. The first kappa shape index (κ1) is 22.7. The van der Waals surface area contributed by atoms with Gasteiger partial charge in [0.2, 0.25) is 11.0 Å². The van der Waals surface area contributed by atoms with Crippen LogP contribution in [0.15, 0.2) is 40.7 Å². The minimum Gasteiger partial charge on any atom is -0.497 e. The summed E-state index contributed by atoms with van der Waals surface area (Å²) in [6.45, 7) is 0.981. The van der Waals surface area contributed by atoms with Gasteiger partial charge in [0.15, 0.2) is 15.8 Å². The van der Waals surface area contributed by atoms with Crippen LogP contribution in [0.4, 0.5) is 10.8 Å². The smallest absolute Gasteiger partial charge is 0.261 e. The highest BCUT2D eigenvalue weighted by Gasteiger charge is 2.17. The van der Waals surface area contributed by atoms with Gasteiger partial charge in [0.1, 0.15) is 24.7 Å². The van der Waals surface area contributed by atoms with E-state index >= 15 is 0 Å². The molecule has 1 aliphatic heterocycles. The van der Waals surface area contributed by atoms with Crippen molar-refractivity contribution in [1.29, 1.82) is 0 Å². The highest BCUT2D eigenvalue weighted by Crippen LogP contribution is 2.33. The largest absolute Gasteiger partial charge is 0.497 e. The van der Waals surface area contributed by atoms with Gasteiger partial charge in [-0.25, -0.2) is 0 Å². The molecule has 1 aromatic heterocycles. The first-order chi connectivity index (χ1) is 16.1. The monoisotopic (exact) mass is 488 g/mol. The molecule has 10 nitrogen and oxygen atoms in total. The molecule has 1 aliphatic rings. The number of hydrogen-bond donors (Lipinski definition) is 2. The number of anilines is 2. The van der Waals surface area contributed by atoms with E-state index in [4.69, 9.17) is 18.9 Å². The molecule has 0 spiro atoms. The summed E-state index contributed by atoms with van der Waals surface area (Å²) in [7, 11) is 3.01. The van der Waals surface area contributed by atoms with Gasteiger partial charge in [-0.2, -0.15) is 0 Å². The van der Waals surface area contributed by atoms with Crippen LogP contribution in [0.2, 0.25) is 0 Å². The van der Waals surface area contributed by atoms with E-state index in [1.807, 2.05) is 0 Å². The second kappa shape index (κ2) is 10.4. The third-order valence-electron chi connectivity index (χ3n) is 4.43. The van der Waals surface area contributed by atoms with Crippen molar-refractivity contribution in [2.45, 2.75) is 4.34 Å². The van der Waals surface area contributed by atoms with E-state index in [1.54, 1.807) is 36.4 Å². The van der Waals surface area contributed by atoms with Crippen LogP contribution in [0.25, 0.3) is 0 Å². The van der Waals surface area contributed by atoms with Crippen LogP contribution in [0.3, 0.4) is 0 Å². The molecule has 0 fully saturated rings. The topological polar surface area (TPSA) is 121 Å². The minimum absolute atomic E-state index is 0.128. The van der Waals surface area contributed by atoms with E-state index in [0.29, 0.717) is 56.9 Å². The number of hydrogen-bond acceptors (Lipinski definition) is 10. The van der Waals surface area contributed by atoms with Gasteiger partial charge in [0.25, 0.3) is 5.91 Å². The SMILES string of the molecule is COc1ccc(C(=O)Nc2nnc(SCC(=O)Nc3ccc4c(c3)OCCO4)s2)c(OC)c1. The van der Waals surface area contributed by atoms with Crippen molar-refractivity contribution >= 4 is 45.7 Å². The van der Waals surface area contributed by atoms with Crippen LogP contribution in [0, 0.1) is 0 Å². The Morgan fingerprint density at radius 3 is 2.64 bits per heavy atom. The molecule has 2 aromatic carbocycles. The molecule has 2 heterocycles. The maximum Gasteiger partial charge on any atom is 0.261 e. The molecule has 0 saturated heterocycles. The maximum atomic E-state index is 12.6. The molecule has 0 radical (unpaired) electrons. The highest BCUT2D eigenvalue weighted by molar-refractivity contribution is 8.01. The lowest BCUT2D eigenvalue weighted by Gasteiger charge is -2.18. The van der Waals surface area contributed by atoms with Crippen LogP contribution >= 0.6 is 23.1 Å². The summed E-state index contributed by atoms with van der Waals surface area (Å²) in [5.74, 6) is 1.74. The number of carbonyl (C=O) groups is 2. The van der Waals surface area contributed by atoms with Gasteiger partial charge in [-0.05, 0) is 24.3 Å². The van der Waals surface area contributed by atoms with Crippen LogP contribution in [-0.4, -0.2) is 55.2 Å². The van der Waals surface area contributed by atoms with Crippen molar-refractivity contribution in [2.24, 2.45) is 0 Å². The van der Waals surface area contributed by atoms with Gasteiger partial charge in [0.05, 0.1) is 25.5 Å². The molecule has 12 heteroatoms. The van der Waals surface area contributed by atoms with E-state index in [1.165, 1.54) is 37.3 Å². The number of thioether (sulfide) groups is 1. The molecular weight excluding hydrogens is 468 g/mol. The van der Waals surface area contributed by atoms with Crippen molar-refractivity contribution in [1.82, 2.24) is 10.2 Å². The minimum atomic E-state index is -0.390. The van der Waals surface area contributed by atoms with E-state index in [9.17, 15) is 9.59 Å². The Hall–Kier alpha value is -3.51. The van der Waals surface area contributed by atoms with E-state index < -0.39 is 5.91 Å². The normalized spacial score (nSPS) is 12.1. The van der Waals surface area contributed by atoms with Gasteiger partial charge >= 0.3 is 0 Å². The number of nitrogens with one attached hydrogen (secondary N) is 2. The van der Waals surface area contributed by atoms with Crippen LogP contribution in [0.1, 0.15) is 10.4 Å². The second-order valence-electron chi connectivity index (χ2n) is 6.59. The van der Waals surface area contributed by atoms with Gasteiger partial charge in [-0.1, -0.05) is 23.1 Å². The predicted molar refractivity (Wildman–Crippen MR) is 124 cm³/mol. The van der Waals surface area contributed by atoms with E-state index in [2.05, 4.69) is 20.8 Å². The van der Waals surface area contributed by atoms with Gasteiger partial charge in [-0.15, -0.1) is 10.2 Å². The number of aromatic nitrogens is 2. The molecule has 0 saturated carbocycles. The lowest BCUT2D eigenvalue weighted by Crippen LogP contribution is -2.17. The number of methoxy groups -OCH3 is 2. The molecule has 2 N–H and O–H groups in total. The quantitative estimate of drug-likeness (QED) is 0.363. The van der Waals surface area contributed by atoms with Crippen molar-refractivity contribution in [3.05, 3.63) is 42.0 Å². The average Bonchev–Trinajstić information content (AvgIpc) is 3.29. The van der Waals surface area contributed by atoms with E-state index in [-0.39, 0.29) is 11.7 Å². The Morgan fingerprint density at radius 2 is 1.85 bits per heavy atom. The highest BCUT2D eigenvalue weighted by atomic mass is 32.2. The Bertz CT molecular complexity index is 1170. The van der Waals surface area contributed by atoms with Crippen molar-refractivity contribution in [3.8, 4) is 23.0 Å². The Balaban J connectivity index is 1.31. The van der Waals surface area contributed by atoms with Gasteiger partial charge < -0.3 is 24.3 Å². The number of benzene rings is 2. The van der Waals surface area contributed by atoms with E-state index in [0.717, 1.165) is 0 Å². The summed E-state index contributed by atoms with van der Waals surface area (Å²) >= 11 is 2.39. The van der Waals surface area contributed by atoms with Crippen LogP contribution in [-0.2, 0) is 4.79 Å². The Kier molecular flexibility index (Phi) is 7.15. The molecule has 0 bridgehead atoms. The summed E-state index contributed by atoms with van der Waals surface area (Å²) in [6, 6.07) is 10.1.